The molecule has 0 saturated heterocycles. The van der Waals surface area contributed by atoms with Crippen LogP contribution < -0.4 is 14.8 Å². The summed E-state index contributed by atoms with van der Waals surface area (Å²) in [4.78, 5) is 12.1. The Labute approximate surface area is 143 Å². The second kappa shape index (κ2) is 8.20. The third-order valence-corrected chi connectivity index (χ3v) is 3.38. The molecule has 0 unspecified atom stereocenters. The van der Waals surface area contributed by atoms with Gasteiger partial charge in [-0.15, -0.1) is 0 Å². The highest BCUT2D eigenvalue weighted by Crippen LogP contribution is 2.29. The molecular weight excluding hydrogens is 302 g/mol. The molecule has 0 aliphatic heterocycles. The van der Waals surface area contributed by atoms with E-state index in [0.29, 0.717) is 11.5 Å². The van der Waals surface area contributed by atoms with Crippen LogP contribution in [0.5, 0.6) is 11.5 Å². The Morgan fingerprint density at radius 2 is 1.88 bits per heavy atom. The smallest absolute Gasteiger partial charge is 0.248 e. The molecule has 126 valence electrons. The molecule has 4 nitrogen and oxygen atoms in total. The number of anilines is 1. The maximum atomic E-state index is 12.1. The van der Waals surface area contributed by atoms with Crippen LogP contribution in [0.3, 0.4) is 0 Å². The number of carbonyl (C=O) groups excluding carboxylic acids is 1. The molecular formula is C20H23NO3. The summed E-state index contributed by atoms with van der Waals surface area (Å²) < 4.78 is 11.0. The highest BCUT2D eigenvalue weighted by atomic mass is 16.5. The van der Waals surface area contributed by atoms with Crippen molar-refractivity contribution in [2.45, 2.75) is 26.9 Å². The molecule has 1 amide bonds. The number of amides is 1. The van der Waals surface area contributed by atoms with Crippen LogP contribution in [0.25, 0.3) is 6.08 Å². The molecule has 0 aliphatic carbocycles. The summed E-state index contributed by atoms with van der Waals surface area (Å²) in [6, 6.07) is 13.2. The Kier molecular flexibility index (Phi) is 6.01. The zero-order chi connectivity index (χ0) is 17.5. The zero-order valence-corrected chi connectivity index (χ0v) is 14.5. The van der Waals surface area contributed by atoms with Crippen LogP contribution in [0.2, 0.25) is 0 Å². The van der Waals surface area contributed by atoms with Gasteiger partial charge >= 0.3 is 0 Å². The molecule has 0 fully saturated rings. The van der Waals surface area contributed by atoms with Gasteiger partial charge in [0.2, 0.25) is 5.91 Å². The number of benzene rings is 2. The number of carbonyl (C=O) groups is 1. The number of methoxy groups -OCH3 is 1. The van der Waals surface area contributed by atoms with Gasteiger partial charge in [-0.25, -0.2) is 0 Å². The van der Waals surface area contributed by atoms with Crippen LogP contribution in [0, 0.1) is 6.92 Å². The minimum absolute atomic E-state index is 0.0696. The third-order valence-electron chi connectivity index (χ3n) is 3.38. The summed E-state index contributed by atoms with van der Waals surface area (Å²) in [5.74, 6) is 1.16. The average molecular weight is 325 g/mol. The maximum absolute atomic E-state index is 12.1. The molecule has 0 atom stereocenters. The predicted molar refractivity (Wildman–Crippen MR) is 97.6 cm³/mol. The summed E-state index contributed by atoms with van der Waals surface area (Å²) >= 11 is 0. The number of rotatable bonds is 6. The Bertz CT molecular complexity index is 735. The van der Waals surface area contributed by atoms with Gasteiger partial charge in [-0.05, 0) is 56.2 Å². The van der Waals surface area contributed by atoms with Crippen molar-refractivity contribution in [3.63, 3.8) is 0 Å². The lowest BCUT2D eigenvalue weighted by Crippen LogP contribution is -2.08. The van der Waals surface area contributed by atoms with Crippen LogP contribution in [-0.4, -0.2) is 19.1 Å². The normalized spacial score (nSPS) is 10.9. The zero-order valence-electron chi connectivity index (χ0n) is 14.5. The van der Waals surface area contributed by atoms with Gasteiger partial charge in [0.1, 0.15) is 0 Å². The quantitative estimate of drug-likeness (QED) is 0.799. The van der Waals surface area contributed by atoms with E-state index in [1.54, 1.807) is 13.2 Å². The molecule has 24 heavy (non-hydrogen) atoms. The molecule has 0 heterocycles. The van der Waals surface area contributed by atoms with Crippen molar-refractivity contribution in [3.05, 3.63) is 59.7 Å². The van der Waals surface area contributed by atoms with Crippen molar-refractivity contribution >= 4 is 17.7 Å². The fourth-order valence-electron chi connectivity index (χ4n) is 2.20. The Morgan fingerprint density at radius 1 is 1.12 bits per heavy atom. The molecule has 0 aliphatic rings. The number of hydrogen-bond donors (Lipinski definition) is 1. The molecule has 0 spiro atoms. The standard InChI is InChI=1S/C20H23NO3/c1-14(2)24-18-11-9-16(13-19(18)23-4)10-12-20(22)21-17-8-6-5-7-15(17)3/h5-14H,1-4H3,(H,21,22)/b12-10+. The number of nitrogens with one attached hydrogen (secondary N) is 1. The van der Waals surface area contributed by atoms with E-state index in [4.69, 9.17) is 9.47 Å². The van der Waals surface area contributed by atoms with E-state index in [2.05, 4.69) is 5.32 Å². The molecule has 4 heteroatoms. The summed E-state index contributed by atoms with van der Waals surface area (Å²) in [5, 5.41) is 2.86. The van der Waals surface area contributed by atoms with E-state index >= 15 is 0 Å². The van der Waals surface area contributed by atoms with Crippen molar-refractivity contribution in [3.8, 4) is 11.5 Å². The highest BCUT2D eigenvalue weighted by molar-refractivity contribution is 6.02. The topological polar surface area (TPSA) is 47.6 Å². The SMILES string of the molecule is COc1cc(/C=C/C(=O)Nc2ccccc2C)ccc1OC(C)C. The van der Waals surface area contributed by atoms with Gasteiger partial charge in [-0.2, -0.15) is 0 Å². The van der Waals surface area contributed by atoms with Gasteiger partial charge in [-0.3, -0.25) is 4.79 Å². The van der Waals surface area contributed by atoms with Gasteiger partial charge in [0.15, 0.2) is 11.5 Å². The van der Waals surface area contributed by atoms with E-state index in [0.717, 1.165) is 16.8 Å². The largest absolute Gasteiger partial charge is 0.493 e. The summed E-state index contributed by atoms with van der Waals surface area (Å²) in [6.07, 6.45) is 3.32. The number of aryl methyl sites for hydroxylation is 1. The van der Waals surface area contributed by atoms with Crippen LogP contribution in [0.4, 0.5) is 5.69 Å². The second-order valence-corrected chi connectivity index (χ2v) is 5.71. The molecule has 2 aromatic rings. The first kappa shape index (κ1) is 17.6. The van der Waals surface area contributed by atoms with Gasteiger partial charge in [0, 0.05) is 11.8 Å². The lowest BCUT2D eigenvalue weighted by molar-refractivity contribution is -0.111. The minimum atomic E-state index is -0.175. The number of para-hydroxylation sites is 1. The van der Waals surface area contributed by atoms with Crippen LogP contribution in [0.1, 0.15) is 25.0 Å². The van der Waals surface area contributed by atoms with E-state index < -0.39 is 0 Å². The first-order valence-electron chi connectivity index (χ1n) is 7.89. The van der Waals surface area contributed by atoms with Crippen molar-refractivity contribution in [2.24, 2.45) is 0 Å². The first-order chi connectivity index (χ1) is 11.5. The maximum Gasteiger partial charge on any atom is 0.248 e. The summed E-state index contributed by atoms with van der Waals surface area (Å²) in [5.41, 5.74) is 2.70. The Balaban J connectivity index is 2.08. The third kappa shape index (κ3) is 4.88. The molecule has 2 aromatic carbocycles. The lowest BCUT2D eigenvalue weighted by atomic mass is 10.1. The molecule has 2 rings (SSSR count). The predicted octanol–water partition coefficient (Wildman–Crippen LogP) is 4.44. The van der Waals surface area contributed by atoms with Crippen LogP contribution >= 0.6 is 0 Å². The number of hydrogen-bond acceptors (Lipinski definition) is 3. The van der Waals surface area contributed by atoms with E-state index in [-0.39, 0.29) is 12.0 Å². The highest BCUT2D eigenvalue weighted by Gasteiger charge is 2.07. The molecule has 0 saturated carbocycles. The molecule has 0 aromatic heterocycles. The summed E-state index contributed by atoms with van der Waals surface area (Å²) in [7, 11) is 1.60. The minimum Gasteiger partial charge on any atom is -0.493 e. The van der Waals surface area contributed by atoms with Crippen LogP contribution in [0.15, 0.2) is 48.5 Å². The second-order valence-electron chi connectivity index (χ2n) is 5.71. The summed E-state index contributed by atoms with van der Waals surface area (Å²) in [6.45, 7) is 5.88. The van der Waals surface area contributed by atoms with E-state index in [1.165, 1.54) is 6.08 Å². The van der Waals surface area contributed by atoms with Gasteiger partial charge < -0.3 is 14.8 Å². The van der Waals surface area contributed by atoms with Crippen molar-refractivity contribution in [2.75, 3.05) is 12.4 Å². The van der Waals surface area contributed by atoms with Crippen LogP contribution in [-0.2, 0) is 4.79 Å². The Hall–Kier alpha value is -2.75. The van der Waals surface area contributed by atoms with E-state index in [1.807, 2.05) is 63.2 Å². The Morgan fingerprint density at radius 3 is 2.54 bits per heavy atom. The molecule has 1 N–H and O–H groups in total. The molecule has 0 bridgehead atoms. The number of ether oxygens (including phenoxy) is 2. The van der Waals surface area contributed by atoms with Gasteiger partial charge in [-0.1, -0.05) is 24.3 Å². The molecule has 0 radical (unpaired) electrons. The monoisotopic (exact) mass is 325 g/mol. The first-order valence-corrected chi connectivity index (χ1v) is 7.89. The fourth-order valence-corrected chi connectivity index (χ4v) is 2.20. The average Bonchev–Trinajstić information content (AvgIpc) is 2.55. The van der Waals surface area contributed by atoms with E-state index in [9.17, 15) is 4.79 Å². The van der Waals surface area contributed by atoms with Crippen molar-refractivity contribution < 1.29 is 14.3 Å². The lowest BCUT2D eigenvalue weighted by Gasteiger charge is -2.13. The fraction of sp³-hybridized carbons (Fsp3) is 0.250. The van der Waals surface area contributed by atoms with Crippen molar-refractivity contribution in [1.29, 1.82) is 0 Å². The van der Waals surface area contributed by atoms with Crippen molar-refractivity contribution in [1.82, 2.24) is 0 Å². The van der Waals surface area contributed by atoms with Gasteiger partial charge in [0.05, 0.1) is 13.2 Å². The van der Waals surface area contributed by atoms with Gasteiger partial charge in [0.25, 0.3) is 0 Å².